The molecule has 0 spiro atoms. The summed E-state index contributed by atoms with van der Waals surface area (Å²) in [5.74, 6) is -0.285. The number of nitrogens with one attached hydrogen (secondary N) is 1. The molecule has 5 nitrogen and oxygen atoms in total. The maximum absolute atomic E-state index is 12.5. The summed E-state index contributed by atoms with van der Waals surface area (Å²) in [5, 5.41) is 2.69. The molecule has 3 rings (SSSR count). The first-order valence-electron chi connectivity index (χ1n) is 8.75. The molecule has 0 unspecified atom stereocenters. The Bertz CT molecular complexity index is 879. The fourth-order valence-electron chi connectivity index (χ4n) is 3.09. The monoisotopic (exact) mass is 392 g/mol. The summed E-state index contributed by atoms with van der Waals surface area (Å²) >= 11 is 0. The lowest BCUT2D eigenvalue weighted by atomic mass is 10.0. The molecule has 0 saturated carbocycles. The molecule has 0 atom stereocenters. The lowest BCUT2D eigenvalue weighted by Gasteiger charge is -2.29. The molecule has 0 aliphatic carbocycles. The number of hydrogen-bond donors (Lipinski definition) is 1. The van der Waals surface area contributed by atoms with Crippen LogP contribution in [0.15, 0.2) is 42.5 Å². The molecule has 1 heterocycles. The van der Waals surface area contributed by atoms with Crippen LogP contribution in [0.3, 0.4) is 0 Å². The first kappa shape index (κ1) is 19.7. The quantitative estimate of drug-likeness (QED) is 0.855. The molecule has 28 heavy (non-hydrogen) atoms. The van der Waals surface area contributed by atoms with Gasteiger partial charge in [0.05, 0.1) is 5.56 Å². The highest BCUT2D eigenvalue weighted by Crippen LogP contribution is 2.31. The van der Waals surface area contributed by atoms with Gasteiger partial charge in [0.2, 0.25) is 5.91 Å². The molecule has 0 aromatic heterocycles. The smallest absolute Gasteiger partial charge is 0.416 e. The average molecular weight is 392 g/mol. The van der Waals surface area contributed by atoms with Gasteiger partial charge >= 0.3 is 6.18 Å². The van der Waals surface area contributed by atoms with Gasteiger partial charge in [-0.1, -0.05) is 0 Å². The second kappa shape index (κ2) is 7.92. The highest BCUT2D eigenvalue weighted by atomic mass is 19.4. The summed E-state index contributed by atoms with van der Waals surface area (Å²) in [7, 11) is 0. The molecular weight excluding hydrogens is 373 g/mol. The van der Waals surface area contributed by atoms with Gasteiger partial charge in [0.25, 0.3) is 5.91 Å². The van der Waals surface area contributed by atoms with Crippen LogP contribution in [0.4, 0.5) is 24.5 Å². The maximum Gasteiger partial charge on any atom is 0.416 e. The van der Waals surface area contributed by atoms with E-state index in [1.54, 1.807) is 17.0 Å². The third kappa shape index (κ3) is 4.62. The molecule has 1 aliphatic heterocycles. The van der Waals surface area contributed by atoms with Crippen LogP contribution in [0.5, 0.6) is 5.75 Å². The fourth-order valence-corrected chi connectivity index (χ4v) is 3.09. The number of carbonyl (C=O) groups excluding carboxylic acids is 2. The van der Waals surface area contributed by atoms with Crippen LogP contribution in [0, 0.1) is 0 Å². The normalized spacial score (nSPS) is 13.6. The van der Waals surface area contributed by atoms with E-state index in [0.29, 0.717) is 12.2 Å². The minimum atomic E-state index is -4.42. The number of ether oxygens (including phenoxy) is 1. The molecule has 1 aliphatic rings. The number of rotatable bonds is 4. The van der Waals surface area contributed by atoms with Gasteiger partial charge < -0.3 is 15.0 Å². The number of benzene rings is 2. The molecule has 8 heteroatoms. The van der Waals surface area contributed by atoms with E-state index in [2.05, 4.69) is 5.32 Å². The van der Waals surface area contributed by atoms with Gasteiger partial charge in [-0.25, -0.2) is 0 Å². The van der Waals surface area contributed by atoms with Crippen molar-refractivity contribution >= 4 is 23.2 Å². The standard InChI is InChI=1S/C20H19F3N2O3/c1-13(26)25-10-2-3-14-11-16(6-9-18(14)25)24-19(27)12-28-17-7-4-15(5-8-17)20(21,22)23/h4-9,11H,2-3,10,12H2,1H3,(H,24,27). The van der Waals surface area contributed by atoms with Crippen molar-refractivity contribution in [3.05, 3.63) is 53.6 Å². The van der Waals surface area contributed by atoms with E-state index in [1.807, 2.05) is 6.07 Å². The molecule has 0 saturated heterocycles. The Hall–Kier alpha value is -3.03. The number of alkyl halides is 3. The van der Waals surface area contributed by atoms with Crippen molar-refractivity contribution in [1.82, 2.24) is 0 Å². The van der Waals surface area contributed by atoms with Crippen LogP contribution in [-0.4, -0.2) is 25.0 Å². The number of fused-ring (bicyclic) bond motifs is 1. The van der Waals surface area contributed by atoms with Crippen LogP contribution < -0.4 is 15.0 Å². The average Bonchev–Trinajstić information content (AvgIpc) is 2.65. The number of halogens is 3. The molecule has 0 radical (unpaired) electrons. The second-order valence-corrected chi connectivity index (χ2v) is 6.48. The summed E-state index contributed by atoms with van der Waals surface area (Å²) in [5.41, 5.74) is 1.61. The first-order chi connectivity index (χ1) is 13.2. The predicted molar refractivity (Wildman–Crippen MR) is 98.4 cm³/mol. The number of anilines is 2. The van der Waals surface area contributed by atoms with Crippen molar-refractivity contribution in [1.29, 1.82) is 0 Å². The number of nitrogens with zero attached hydrogens (tertiary/aromatic N) is 1. The third-order valence-corrected chi connectivity index (χ3v) is 4.41. The Morgan fingerprint density at radius 1 is 1.14 bits per heavy atom. The number of aryl methyl sites for hydroxylation is 1. The van der Waals surface area contributed by atoms with Gasteiger partial charge in [0.1, 0.15) is 5.75 Å². The van der Waals surface area contributed by atoms with E-state index >= 15 is 0 Å². The topological polar surface area (TPSA) is 58.6 Å². The SMILES string of the molecule is CC(=O)N1CCCc2cc(NC(=O)COc3ccc(C(F)(F)F)cc3)ccc21. The minimum absolute atomic E-state index is 0.0253. The van der Waals surface area contributed by atoms with Crippen molar-refractivity contribution in [2.75, 3.05) is 23.4 Å². The van der Waals surface area contributed by atoms with Crippen LogP contribution in [0.2, 0.25) is 0 Å². The van der Waals surface area contributed by atoms with Gasteiger partial charge in [-0.3, -0.25) is 9.59 Å². The molecule has 2 aromatic carbocycles. The van der Waals surface area contributed by atoms with Crippen molar-refractivity contribution in [2.45, 2.75) is 25.9 Å². The third-order valence-electron chi connectivity index (χ3n) is 4.41. The number of carbonyl (C=O) groups is 2. The molecule has 148 valence electrons. The summed E-state index contributed by atoms with van der Waals surface area (Å²) < 4.78 is 42.8. The van der Waals surface area contributed by atoms with Crippen LogP contribution >= 0.6 is 0 Å². The van der Waals surface area contributed by atoms with Crippen molar-refractivity contribution in [2.24, 2.45) is 0 Å². The fraction of sp³-hybridized carbons (Fsp3) is 0.300. The van der Waals surface area contributed by atoms with E-state index in [1.165, 1.54) is 19.1 Å². The maximum atomic E-state index is 12.5. The van der Waals surface area contributed by atoms with Gasteiger partial charge in [0.15, 0.2) is 6.61 Å². The van der Waals surface area contributed by atoms with Crippen LogP contribution in [-0.2, 0) is 22.2 Å². The Kier molecular flexibility index (Phi) is 5.58. The second-order valence-electron chi connectivity index (χ2n) is 6.48. The summed E-state index contributed by atoms with van der Waals surface area (Å²) in [6.07, 6.45) is -2.76. The van der Waals surface area contributed by atoms with Crippen molar-refractivity contribution in [3.63, 3.8) is 0 Å². The molecule has 0 bridgehead atoms. The van der Waals surface area contributed by atoms with Gasteiger partial charge in [0, 0.05) is 24.8 Å². The van der Waals surface area contributed by atoms with E-state index in [9.17, 15) is 22.8 Å². The molecule has 1 N–H and O–H groups in total. The van der Waals surface area contributed by atoms with Gasteiger partial charge in [-0.2, -0.15) is 13.2 Å². The van der Waals surface area contributed by atoms with E-state index in [-0.39, 0.29) is 18.3 Å². The zero-order chi connectivity index (χ0) is 20.3. The van der Waals surface area contributed by atoms with Gasteiger partial charge in [-0.05, 0) is 60.9 Å². The molecule has 2 aromatic rings. The highest BCUT2D eigenvalue weighted by molar-refractivity contribution is 5.95. The lowest BCUT2D eigenvalue weighted by Crippen LogP contribution is -2.33. The predicted octanol–water partition coefficient (Wildman–Crippen LogP) is 4.02. The summed E-state index contributed by atoms with van der Waals surface area (Å²) in [4.78, 5) is 25.5. The zero-order valence-electron chi connectivity index (χ0n) is 15.2. The summed E-state index contributed by atoms with van der Waals surface area (Å²) in [6.45, 7) is 1.86. The minimum Gasteiger partial charge on any atom is -0.484 e. The largest absolute Gasteiger partial charge is 0.484 e. The number of amides is 2. The van der Waals surface area contributed by atoms with E-state index in [0.717, 1.165) is 36.2 Å². The van der Waals surface area contributed by atoms with Crippen molar-refractivity contribution in [3.8, 4) is 5.75 Å². The van der Waals surface area contributed by atoms with Gasteiger partial charge in [-0.15, -0.1) is 0 Å². The lowest BCUT2D eigenvalue weighted by molar-refractivity contribution is -0.137. The zero-order valence-corrected chi connectivity index (χ0v) is 15.2. The Morgan fingerprint density at radius 2 is 1.86 bits per heavy atom. The van der Waals surface area contributed by atoms with Crippen LogP contribution in [0.25, 0.3) is 0 Å². The Labute approximate surface area is 160 Å². The van der Waals surface area contributed by atoms with Crippen molar-refractivity contribution < 1.29 is 27.5 Å². The Balaban J connectivity index is 1.59. The van der Waals surface area contributed by atoms with E-state index in [4.69, 9.17) is 4.74 Å². The van der Waals surface area contributed by atoms with E-state index < -0.39 is 17.6 Å². The Morgan fingerprint density at radius 3 is 2.50 bits per heavy atom. The van der Waals surface area contributed by atoms with Crippen LogP contribution in [0.1, 0.15) is 24.5 Å². The molecular formula is C20H19F3N2O3. The highest BCUT2D eigenvalue weighted by Gasteiger charge is 2.30. The first-order valence-corrected chi connectivity index (χ1v) is 8.75. The molecule has 2 amide bonds. The number of hydrogen-bond acceptors (Lipinski definition) is 3. The summed E-state index contributed by atoms with van der Waals surface area (Å²) in [6, 6.07) is 9.46. The molecule has 0 fully saturated rings.